The molecule has 2 heterocycles. The highest BCUT2D eigenvalue weighted by Gasteiger charge is 2.12. The van der Waals surface area contributed by atoms with Gasteiger partial charge in [-0.25, -0.2) is 0 Å². The summed E-state index contributed by atoms with van der Waals surface area (Å²) in [4.78, 5) is 12.9. The molecule has 0 spiro atoms. The summed E-state index contributed by atoms with van der Waals surface area (Å²) in [5.41, 5.74) is 0.714. The fourth-order valence-electron chi connectivity index (χ4n) is 1.65. The van der Waals surface area contributed by atoms with Gasteiger partial charge in [0.25, 0.3) is 5.91 Å². The molecule has 19 heavy (non-hydrogen) atoms. The highest BCUT2D eigenvalue weighted by Crippen LogP contribution is 2.31. The van der Waals surface area contributed by atoms with Gasteiger partial charge in [-0.05, 0) is 51.6 Å². The van der Waals surface area contributed by atoms with Crippen LogP contribution in [0.3, 0.4) is 0 Å². The second-order valence-electron chi connectivity index (χ2n) is 3.84. The highest BCUT2D eigenvalue weighted by molar-refractivity contribution is 9.10. The van der Waals surface area contributed by atoms with Crippen LogP contribution in [0.25, 0.3) is 9.40 Å². The number of carbonyl (C=O) groups excluding carboxylic acids is 1. The Labute approximate surface area is 131 Å². The van der Waals surface area contributed by atoms with Crippen LogP contribution < -0.4 is 5.32 Å². The molecule has 0 aliphatic carbocycles. The van der Waals surface area contributed by atoms with E-state index < -0.39 is 0 Å². The first kappa shape index (κ1) is 13.1. The molecule has 0 bridgehead atoms. The summed E-state index contributed by atoms with van der Waals surface area (Å²) in [6, 6.07) is 9.23. The van der Waals surface area contributed by atoms with E-state index in [1.807, 2.05) is 17.5 Å². The predicted octanol–water partition coefficient (Wildman–Crippen LogP) is 5.63. The molecule has 0 aliphatic heterocycles. The van der Waals surface area contributed by atoms with Crippen LogP contribution >= 0.6 is 50.2 Å². The summed E-state index contributed by atoms with van der Waals surface area (Å²) in [6.07, 6.45) is 0. The third-order valence-corrected chi connectivity index (χ3v) is 5.53. The average molecular weight is 373 g/mol. The highest BCUT2D eigenvalue weighted by atomic mass is 79.9. The van der Waals surface area contributed by atoms with Crippen LogP contribution in [0.4, 0.5) is 5.69 Å². The minimum absolute atomic E-state index is 0.101. The van der Waals surface area contributed by atoms with Gasteiger partial charge in [0.15, 0.2) is 0 Å². The largest absolute Gasteiger partial charge is 0.320 e. The number of nitrogens with one attached hydrogen (secondary N) is 1. The van der Waals surface area contributed by atoms with Gasteiger partial charge in [-0.2, -0.15) is 0 Å². The molecule has 1 N–H and O–H groups in total. The van der Waals surface area contributed by atoms with Crippen LogP contribution in [-0.2, 0) is 0 Å². The minimum atomic E-state index is -0.101. The second kappa shape index (κ2) is 5.25. The van der Waals surface area contributed by atoms with Gasteiger partial charge in [0.1, 0.15) is 0 Å². The van der Waals surface area contributed by atoms with Crippen molar-refractivity contribution in [2.24, 2.45) is 0 Å². The Hall–Kier alpha value is -0.880. The molecule has 0 unspecified atom stereocenters. The van der Waals surface area contributed by atoms with Crippen molar-refractivity contribution in [1.29, 1.82) is 0 Å². The molecule has 0 saturated carbocycles. The fourth-order valence-corrected chi connectivity index (χ4v) is 4.44. The Kier molecular flexibility index (Phi) is 3.62. The fraction of sp³-hybridized carbons (Fsp3) is 0. The number of hydrogen-bond acceptors (Lipinski definition) is 3. The third kappa shape index (κ3) is 2.69. The van der Waals surface area contributed by atoms with Crippen LogP contribution in [0.5, 0.6) is 0 Å². The molecule has 0 atom stereocenters. The maximum atomic E-state index is 12.2. The van der Waals surface area contributed by atoms with E-state index in [-0.39, 0.29) is 5.91 Å². The smallest absolute Gasteiger partial charge is 0.265 e. The normalized spacial score (nSPS) is 10.8. The lowest BCUT2D eigenvalue weighted by atomic mass is 10.3. The lowest BCUT2D eigenvalue weighted by Gasteiger charge is -2.06. The molecule has 0 saturated heterocycles. The van der Waals surface area contributed by atoms with Crippen molar-refractivity contribution in [3.05, 3.63) is 50.1 Å². The number of rotatable bonds is 2. The predicted molar refractivity (Wildman–Crippen MR) is 86.8 cm³/mol. The zero-order valence-corrected chi connectivity index (χ0v) is 13.4. The van der Waals surface area contributed by atoms with Crippen LogP contribution in [0.2, 0.25) is 5.02 Å². The molecule has 3 aromatic rings. The third-order valence-electron chi connectivity index (χ3n) is 2.54. The second-order valence-corrected chi connectivity index (χ2v) is 7.16. The molecular weight excluding hydrogens is 366 g/mol. The average Bonchev–Trinajstić information content (AvgIpc) is 2.93. The molecule has 2 nitrogen and oxygen atoms in total. The molecule has 1 aromatic carbocycles. The molecule has 2 aromatic heterocycles. The van der Waals surface area contributed by atoms with E-state index in [0.717, 1.165) is 13.9 Å². The van der Waals surface area contributed by atoms with E-state index >= 15 is 0 Å². The molecule has 0 aliphatic rings. The zero-order valence-electron chi connectivity index (χ0n) is 9.44. The first-order valence-corrected chi connectivity index (χ1v) is 8.23. The first-order chi connectivity index (χ1) is 9.13. The van der Waals surface area contributed by atoms with Crippen molar-refractivity contribution < 1.29 is 4.79 Å². The van der Waals surface area contributed by atoms with Gasteiger partial charge in [-0.1, -0.05) is 11.6 Å². The van der Waals surface area contributed by atoms with Crippen molar-refractivity contribution in [3.63, 3.8) is 0 Å². The van der Waals surface area contributed by atoms with Crippen LogP contribution in [-0.4, -0.2) is 5.91 Å². The van der Waals surface area contributed by atoms with Crippen molar-refractivity contribution >= 4 is 71.2 Å². The Morgan fingerprint density at radius 2 is 2.05 bits per heavy atom. The minimum Gasteiger partial charge on any atom is -0.320 e. The number of amides is 1. The van der Waals surface area contributed by atoms with Crippen molar-refractivity contribution in [2.75, 3.05) is 5.32 Å². The quantitative estimate of drug-likeness (QED) is 0.620. The summed E-state index contributed by atoms with van der Waals surface area (Å²) in [7, 11) is 0. The van der Waals surface area contributed by atoms with Gasteiger partial charge in [-0.15, -0.1) is 22.7 Å². The summed E-state index contributed by atoms with van der Waals surface area (Å²) in [6.45, 7) is 0. The maximum absolute atomic E-state index is 12.2. The summed E-state index contributed by atoms with van der Waals surface area (Å²) < 4.78 is 3.06. The number of anilines is 1. The number of carbonyl (C=O) groups is 1. The number of fused-ring (bicyclic) bond motifs is 1. The van der Waals surface area contributed by atoms with Crippen LogP contribution in [0.15, 0.2) is 40.2 Å². The van der Waals surface area contributed by atoms with Gasteiger partial charge >= 0.3 is 0 Å². The van der Waals surface area contributed by atoms with Gasteiger partial charge in [0.05, 0.1) is 10.6 Å². The molecule has 3 rings (SSSR count). The van der Waals surface area contributed by atoms with Crippen molar-refractivity contribution in [1.82, 2.24) is 0 Å². The van der Waals surface area contributed by atoms with E-state index in [1.54, 1.807) is 29.5 Å². The van der Waals surface area contributed by atoms with E-state index in [2.05, 4.69) is 21.2 Å². The van der Waals surface area contributed by atoms with Gasteiger partial charge in [0, 0.05) is 18.9 Å². The number of hydrogen-bond donors (Lipinski definition) is 1. The van der Waals surface area contributed by atoms with E-state index in [4.69, 9.17) is 11.6 Å². The summed E-state index contributed by atoms with van der Waals surface area (Å²) in [5, 5.41) is 5.53. The lowest BCUT2D eigenvalue weighted by molar-refractivity contribution is 0.103. The summed E-state index contributed by atoms with van der Waals surface area (Å²) >= 11 is 12.4. The standard InChI is InChI=1S/C13H7BrClNOS2/c14-8-5-7(15)1-2-9(8)16-13(17)12-6-11-10(19-12)3-4-18-11/h1-6H,(H,16,17). The zero-order chi connectivity index (χ0) is 13.4. The Morgan fingerprint density at radius 3 is 2.79 bits per heavy atom. The van der Waals surface area contributed by atoms with Crippen LogP contribution in [0, 0.1) is 0 Å². The van der Waals surface area contributed by atoms with E-state index in [9.17, 15) is 4.79 Å². The summed E-state index contributed by atoms with van der Waals surface area (Å²) in [5.74, 6) is -0.101. The lowest BCUT2D eigenvalue weighted by Crippen LogP contribution is -2.10. The Balaban J connectivity index is 1.86. The van der Waals surface area contributed by atoms with E-state index in [1.165, 1.54) is 11.3 Å². The maximum Gasteiger partial charge on any atom is 0.265 e. The Morgan fingerprint density at radius 1 is 1.21 bits per heavy atom. The Bertz CT molecular complexity index is 736. The van der Waals surface area contributed by atoms with Gasteiger partial charge < -0.3 is 5.32 Å². The number of benzene rings is 1. The molecule has 1 amide bonds. The molecule has 0 radical (unpaired) electrons. The topological polar surface area (TPSA) is 29.1 Å². The molecule has 6 heteroatoms. The van der Waals surface area contributed by atoms with Crippen molar-refractivity contribution in [2.45, 2.75) is 0 Å². The SMILES string of the molecule is O=C(Nc1ccc(Cl)cc1Br)c1cc2sccc2s1. The van der Waals surface area contributed by atoms with Crippen LogP contribution in [0.1, 0.15) is 9.67 Å². The first-order valence-electron chi connectivity index (χ1n) is 5.37. The van der Waals surface area contributed by atoms with E-state index in [0.29, 0.717) is 15.6 Å². The van der Waals surface area contributed by atoms with Crippen molar-refractivity contribution in [3.8, 4) is 0 Å². The molecule has 96 valence electrons. The van der Waals surface area contributed by atoms with Gasteiger partial charge in [0.2, 0.25) is 0 Å². The number of halogens is 2. The molecular formula is C13H7BrClNOS2. The van der Waals surface area contributed by atoms with Gasteiger partial charge in [-0.3, -0.25) is 4.79 Å². The molecule has 0 fully saturated rings. The number of thiophene rings is 2. The monoisotopic (exact) mass is 371 g/mol.